The molecule has 6 N–H and O–H groups in total. The fraction of sp³-hybridized carbons (Fsp3) is 0.273. The third kappa shape index (κ3) is 3.33. The van der Waals surface area contributed by atoms with Crippen LogP contribution in [0.25, 0.3) is 0 Å². The number of phenols is 2. The van der Waals surface area contributed by atoms with E-state index in [2.05, 4.69) is 15.7 Å². The van der Waals surface area contributed by atoms with Gasteiger partial charge in [-0.2, -0.15) is 0 Å². The highest BCUT2D eigenvalue weighted by Crippen LogP contribution is 2.27. The summed E-state index contributed by atoms with van der Waals surface area (Å²) >= 11 is 0. The molecule has 0 saturated carbocycles. The van der Waals surface area contributed by atoms with Crippen LogP contribution in [0.1, 0.15) is 24.2 Å². The lowest BCUT2D eigenvalue weighted by Crippen LogP contribution is -2.52. The smallest absolute Gasteiger partial charge is 0.273 e. The monoisotopic (exact) mass is 269 g/mol. The molecule has 0 aromatic heterocycles. The quantitative estimate of drug-likeness (QED) is 0.372. The van der Waals surface area contributed by atoms with E-state index in [-0.39, 0.29) is 5.56 Å². The Kier molecular flexibility index (Phi) is 4.30. The van der Waals surface area contributed by atoms with Crippen LogP contribution < -0.4 is 16.7 Å². The van der Waals surface area contributed by atoms with Gasteiger partial charge in [-0.1, -0.05) is 6.07 Å². The zero-order valence-corrected chi connectivity index (χ0v) is 10.4. The minimum Gasteiger partial charge on any atom is -0.504 e. The van der Waals surface area contributed by atoms with Crippen LogP contribution in [0.15, 0.2) is 18.2 Å². The van der Waals surface area contributed by atoms with Crippen LogP contribution in [0, 0.1) is 0 Å². The van der Waals surface area contributed by atoms with Crippen molar-refractivity contribution in [2.45, 2.75) is 19.4 Å². The first-order valence-electron chi connectivity index (χ1n) is 5.29. The van der Waals surface area contributed by atoms with Gasteiger partial charge in [0, 0.05) is 0 Å². The van der Waals surface area contributed by atoms with Gasteiger partial charge in [0.15, 0.2) is 17.1 Å². The van der Waals surface area contributed by atoms with Crippen LogP contribution in [0.4, 0.5) is 0 Å². The number of carbonyl (C=O) groups excluding carboxylic acids is 2. The number of hydrazine groups is 1. The van der Waals surface area contributed by atoms with E-state index in [4.69, 9.17) is 5.90 Å². The van der Waals surface area contributed by atoms with Gasteiger partial charge in [0.2, 0.25) is 0 Å². The van der Waals surface area contributed by atoms with Gasteiger partial charge < -0.3 is 10.2 Å². The van der Waals surface area contributed by atoms with Gasteiger partial charge in [0.25, 0.3) is 11.8 Å². The van der Waals surface area contributed by atoms with Gasteiger partial charge in [0.1, 0.15) is 0 Å². The Morgan fingerprint density at radius 3 is 2.47 bits per heavy atom. The van der Waals surface area contributed by atoms with Crippen molar-refractivity contribution in [2.75, 3.05) is 0 Å². The maximum absolute atomic E-state index is 11.7. The van der Waals surface area contributed by atoms with E-state index in [1.807, 2.05) is 0 Å². The maximum atomic E-state index is 11.7. The molecule has 0 saturated heterocycles. The molecule has 0 aliphatic heterocycles. The summed E-state index contributed by atoms with van der Waals surface area (Å²) in [6.45, 7) is 2.81. The number of aromatic hydroxyl groups is 2. The molecule has 0 radical (unpaired) electrons. The number of amides is 2. The summed E-state index contributed by atoms with van der Waals surface area (Å²) in [4.78, 5) is 27.6. The topological polar surface area (TPSA) is 134 Å². The van der Waals surface area contributed by atoms with Gasteiger partial charge in [-0.05, 0) is 26.0 Å². The standard InChI is InChI=1S/C11H15N3O5/c1-11(2,19-12)10(18)14-13-9(17)6-4-3-5-7(15)8(6)16/h3-5,15-16H,12H2,1-2H3,(H,13,17)(H,14,18). The van der Waals surface area contributed by atoms with Crippen molar-refractivity contribution in [1.82, 2.24) is 10.9 Å². The second-order valence-electron chi connectivity index (χ2n) is 4.21. The molecule has 0 spiro atoms. The second-order valence-corrected chi connectivity index (χ2v) is 4.21. The van der Waals surface area contributed by atoms with Gasteiger partial charge in [0.05, 0.1) is 5.56 Å². The molecule has 0 unspecified atom stereocenters. The van der Waals surface area contributed by atoms with Crippen LogP contribution in [-0.4, -0.2) is 27.6 Å². The van der Waals surface area contributed by atoms with Crippen molar-refractivity contribution in [3.8, 4) is 11.5 Å². The Balaban J connectivity index is 2.72. The maximum Gasteiger partial charge on any atom is 0.273 e. The molecule has 0 atom stereocenters. The van der Waals surface area contributed by atoms with Crippen molar-refractivity contribution in [2.24, 2.45) is 5.90 Å². The van der Waals surface area contributed by atoms with Crippen LogP contribution in [0.3, 0.4) is 0 Å². The fourth-order valence-corrected chi connectivity index (χ4v) is 1.10. The Morgan fingerprint density at radius 2 is 1.89 bits per heavy atom. The molecular weight excluding hydrogens is 254 g/mol. The molecule has 0 aliphatic rings. The molecule has 0 aliphatic carbocycles. The number of carbonyl (C=O) groups is 2. The molecule has 104 valence electrons. The number of benzene rings is 1. The summed E-state index contributed by atoms with van der Waals surface area (Å²) in [6.07, 6.45) is 0. The van der Waals surface area contributed by atoms with Crippen molar-refractivity contribution < 1.29 is 24.6 Å². The van der Waals surface area contributed by atoms with Gasteiger partial charge in [-0.3, -0.25) is 25.3 Å². The minimum atomic E-state index is -1.33. The lowest BCUT2D eigenvalue weighted by atomic mass is 10.1. The van der Waals surface area contributed by atoms with Crippen LogP contribution in [-0.2, 0) is 9.63 Å². The first-order valence-corrected chi connectivity index (χ1v) is 5.29. The van der Waals surface area contributed by atoms with E-state index in [0.29, 0.717) is 0 Å². The van der Waals surface area contributed by atoms with E-state index in [1.165, 1.54) is 32.0 Å². The Labute approximate surface area is 109 Å². The van der Waals surface area contributed by atoms with Crippen LogP contribution in [0.2, 0.25) is 0 Å². The Hall–Kier alpha value is -2.32. The van der Waals surface area contributed by atoms with E-state index < -0.39 is 28.9 Å². The number of para-hydroxylation sites is 1. The second kappa shape index (κ2) is 5.55. The number of phenolic OH excluding ortho intramolecular Hbond substituents is 2. The third-order valence-corrected chi connectivity index (χ3v) is 2.39. The molecule has 8 nitrogen and oxygen atoms in total. The summed E-state index contributed by atoms with van der Waals surface area (Å²) in [7, 11) is 0. The number of nitrogens with one attached hydrogen (secondary N) is 2. The molecule has 1 rings (SSSR count). The van der Waals surface area contributed by atoms with Gasteiger partial charge >= 0.3 is 0 Å². The number of hydrogen-bond acceptors (Lipinski definition) is 6. The van der Waals surface area contributed by atoms with Crippen LogP contribution in [0.5, 0.6) is 11.5 Å². The highest BCUT2D eigenvalue weighted by Gasteiger charge is 2.28. The largest absolute Gasteiger partial charge is 0.504 e. The van der Waals surface area contributed by atoms with E-state index >= 15 is 0 Å². The molecule has 0 fully saturated rings. The summed E-state index contributed by atoms with van der Waals surface area (Å²) < 4.78 is 0. The molecule has 0 heterocycles. The fourth-order valence-electron chi connectivity index (χ4n) is 1.10. The predicted octanol–water partition coefficient (Wildman–Crippen LogP) is -0.472. The summed E-state index contributed by atoms with van der Waals surface area (Å²) in [5.41, 5.74) is 2.63. The molecule has 1 aromatic carbocycles. The zero-order valence-electron chi connectivity index (χ0n) is 10.4. The highest BCUT2D eigenvalue weighted by atomic mass is 16.6. The van der Waals surface area contributed by atoms with E-state index in [0.717, 1.165) is 0 Å². The third-order valence-electron chi connectivity index (χ3n) is 2.39. The summed E-state index contributed by atoms with van der Waals surface area (Å²) in [5, 5.41) is 18.7. The molecular formula is C11H15N3O5. The van der Waals surface area contributed by atoms with Crippen molar-refractivity contribution in [1.29, 1.82) is 0 Å². The van der Waals surface area contributed by atoms with E-state index in [9.17, 15) is 19.8 Å². The average Bonchev–Trinajstić information content (AvgIpc) is 2.38. The summed E-state index contributed by atoms with van der Waals surface area (Å²) in [5.74, 6) is 2.43. The van der Waals surface area contributed by atoms with Crippen molar-refractivity contribution in [3.63, 3.8) is 0 Å². The molecule has 0 bridgehead atoms. The van der Waals surface area contributed by atoms with Crippen LogP contribution >= 0.6 is 0 Å². The lowest BCUT2D eigenvalue weighted by molar-refractivity contribution is -0.144. The highest BCUT2D eigenvalue weighted by molar-refractivity contribution is 5.99. The Bertz CT molecular complexity index is 501. The first-order chi connectivity index (χ1) is 8.79. The van der Waals surface area contributed by atoms with E-state index in [1.54, 1.807) is 0 Å². The molecule has 1 aromatic rings. The zero-order chi connectivity index (χ0) is 14.6. The molecule has 2 amide bonds. The molecule has 8 heteroatoms. The Morgan fingerprint density at radius 1 is 1.26 bits per heavy atom. The first kappa shape index (κ1) is 14.7. The van der Waals surface area contributed by atoms with Gasteiger partial charge in [-0.15, -0.1) is 0 Å². The summed E-state index contributed by atoms with van der Waals surface area (Å²) in [6, 6.07) is 3.87. The van der Waals surface area contributed by atoms with Crippen molar-refractivity contribution in [3.05, 3.63) is 23.8 Å². The SMILES string of the molecule is CC(C)(ON)C(=O)NNC(=O)c1cccc(O)c1O. The normalized spacial score (nSPS) is 10.9. The average molecular weight is 269 g/mol. The molecule has 19 heavy (non-hydrogen) atoms. The number of nitrogens with two attached hydrogens (primary N) is 1. The number of rotatable bonds is 3. The van der Waals surface area contributed by atoms with Crippen molar-refractivity contribution >= 4 is 11.8 Å². The number of hydrogen-bond donors (Lipinski definition) is 5. The lowest BCUT2D eigenvalue weighted by Gasteiger charge is -2.20. The van der Waals surface area contributed by atoms with Gasteiger partial charge in [-0.25, -0.2) is 5.90 Å². The minimum absolute atomic E-state index is 0.188. The predicted molar refractivity (Wildman–Crippen MR) is 64.7 cm³/mol.